The number of phenolic OH excluding ortho intramolecular Hbond substituents is 1. The molecule has 15 heavy (non-hydrogen) atoms. The van der Waals surface area contributed by atoms with Crippen molar-refractivity contribution in [2.24, 2.45) is 0 Å². The monoisotopic (exact) mass is 203 g/mol. The molecular weight excluding hydrogens is 190 g/mol. The van der Waals surface area contributed by atoms with Crippen molar-refractivity contribution < 1.29 is 9.84 Å². The highest BCUT2D eigenvalue weighted by molar-refractivity contribution is 5.35. The number of phenols is 1. The maximum absolute atomic E-state index is 9.21. The summed E-state index contributed by atoms with van der Waals surface area (Å²) in [4.78, 5) is 0. The van der Waals surface area contributed by atoms with Crippen LogP contribution in [0.5, 0.6) is 17.2 Å². The molecule has 3 heteroatoms. The smallest absolute Gasteiger partial charge is 0.131 e. The van der Waals surface area contributed by atoms with E-state index in [-0.39, 0.29) is 11.9 Å². The third-order valence-electron chi connectivity index (χ3n) is 1.80. The number of ether oxygens (including phenoxy) is 1. The summed E-state index contributed by atoms with van der Waals surface area (Å²) in [6.45, 7) is 0. The lowest BCUT2D eigenvalue weighted by molar-refractivity contribution is 0.455. The van der Waals surface area contributed by atoms with Gasteiger partial charge in [-0.25, -0.2) is 0 Å². The highest BCUT2D eigenvalue weighted by Gasteiger charge is 1.96. The number of para-hydroxylation sites is 1. The molecule has 0 bridgehead atoms. The Morgan fingerprint density at radius 3 is 2.13 bits per heavy atom. The molecule has 0 unspecified atom stereocenters. The minimum Gasteiger partial charge on any atom is -0.508 e. The van der Waals surface area contributed by atoms with Crippen LogP contribution in [0.25, 0.3) is 0 Å². The molecule has 0 saturated carbocycles. The lowest BCUT2D eigenvalue weighted by Crippen LogP contribution is -1.82. The third-order valence-corrected chi connectivity index (χ3v) is 1.80. The molecule has 0 radical (unpaired) electrons. The van der Waals surface area contributed by atoms with Gasteiger partial charge in [0.2, 0.25) is 0 Å². The van der Waals surface area contributed by atoms with Crippen molar-refractivity contribution in [3.63, 3.8) is 0 Å². The van der Waals surface area contributed by atoms with Crippen molar-refractivity contribution >= 4 is 0 Å². The lowest BCUT2D eigenvalue weighted by Gasteiger charge is -2.04. The molecule has 0 aliphatic carbocycles. The van der Waals surface area contributed by atoms with Crippen LogP contribution in [0.3, 0.4) is 0 Å². The first kappa shape index (κ1) is 11.1. The maximum Gasteiger partial charge on any atom is 0.131 e. The van der Waals surface area contributed by atoms with Crippen LogP contribution in [0.2, 0.25) is 0 Å². The molecule has 0 fully saturated rings. The lowest BCUT2D eigenvalue weighted by atomic mass is 10.3. The van der Waals surface area contributed by atoms with Crippen LogP contribution in [0, 0.1) is 0 Å². The fraction of sp³-hybridized carbons (Fsp3) is 0. The average molecular weight is 203 g/mol. The fourth-order valence-corrected chi connectivity index (χ4v) is 1.17. The molecule has 0 amide bonds. The minimum absolute atomic E-state index is 0. The summed E-state index contributed by atoms with van der Waals surface area (Å²) in [6.07, 6.45) is 0. The van der Waals surface area contributed by atoms with E-state index < -0.39 is 0 Å². The van der Waals surface area contributed by atoms with Crippen LogP contribution < -0.4 is 10.9 Å². The summed E-state index contributed by atoms with van der Waals surface area (Å²) < 4.78 is 5.50. The van der Waals surface area contributed by atoms with Gasteiger partial charge in [0.25, 0.3) is 0 Å². The predicted octanol–water partition coefficient (Wildman–Crippen LogP) is 3.35. The summed E-state index contributed by atoms with van der Waals surface area (Å²) in [5.41, 5.74) is 0. The Kier molecular flexibility index (Phi) is 3.71. The van der Waals surface area contributed by atoms with Crippen molar-refractivity contribution in [2.75, 3.05) is 0 Å². The molecule has 2 aromatic carbocycles. The highest BCUT2D eigenvalue weighted by Crippen LogP contribution is 2.23. The van der Waals surface area contributed by atoms with E-state index in [1.165, 1.54) is 0 Å². The Hall–Kier alpha value is -2.00. The predicted molar refractivity (Wildman–Crippen MR) is 59.6 cm³/mol. The summed E-state index contributed by atoms with van der Waals surface area (Å²) in [7, 11) is 0. The van der Waals surface area contributed by atoms with E-state index in [2.05, 4.69) is 0 Å². The second kappa shape index (κ2) is 5.02. The number of hydrogen-bond donors (Lipinski definition) is 2. The molecule has 0 saturated heterocycles. The van der Waals surface area contributed by atoms with Gasteiger partial charge >= 0.3 is 0 Å². The van der Waals surface area contributed by atoms with Crippen LogP contribution in [-0.2, 0) is 0 Å². The second-order valence-corrected chi connectivity index (χ2v) is 2.91. The zero-order chi connectivity index (χ0) is 9.80. The Morgan fingerprint density at radius 2 is 1.47 bits per heavy atom. The van der Waals surface area contributed by atoms with Crippen LogP contribution >= 0.6 is 0 Å². The largest absolute Gasteiger partial charge is 0.508 e. The molecule has 0 spiro atoms. The molecule has 78 valence electrons. The van der Waals surface area contributed by atoms with Crippen LogP contribution in [0.15, 0.2) is 54.6 Å². The van der Waals surface area contributed by atoms with Crippen molar-refractivity contribution in [2.45, 2.75) is 0 Å². The van der Waals surface area contributed by atoms with Crippen LogP contribution in [-0.4, -0.2) is 5.11 Å². The van der Waals surface area contributed by atoms with Gasteiger partial charge in [-0.3, -0.25) is 0 Å². The molecule has 2 rings (SSSR count). The normalized spacial score (nSPS) is 9.07. The molecular formula is C12H13NO2. The van der Waals surface area contributed by atoms with E-state index in [1.54, 1.807) is 24.3 Å². The Bertz CT molecular complexity index is 415. The average Bonchev–Trinajstić information content (AvgIpc) is 2.19. The van der Waals surface area contributed by atoms with E-state index in [4.69, 9.17) is 4.74 Å². The highest BCUT2D eigenvalue weighted by atomic mass is 16.5. The van der Waals surface area contributed by atoms with Gasteiger partial charge in [-0.1, -0.05) is 24.3 Å². The Labute approximate surface area is 88.5 Å². The van der Waals surface area contributed by atoms with Crippen molar-refractivity contribution in [1.29, 1.82) is 0 Å². The quantitative estimate of drug-likeness (QED) is 0.786. The van der Waals surface area contributed by atoms with E-state index in [0.717, 1.165) is 5.75 Å². The third kappa shape index (κ3) is 3.00. The topological polar surface area (TPSA) is 64.5 Å². The first-order chi connectivity index (χ1) is 6.84. The van der Waals surface area contributed by atoms with Gasteiger partial charge in [0, 0.05) is 6.07 Å². The van der Waals surface area contributed by atoms with E-state index in [1.807, 2.05) is 30.3 Å². The number of benzene rings is 2. The molecule has 3 nitrogen and oxygen atoms in total. The van der Waals surface area contributed by atoms with Gasteiger partial charge in [0.05, 0.1) is 0 Å². The van der Waals surface area contributed by atoms with Gasteiger partial charge < -0.3 is 16.0 Å². The Balaban J connectivity index is 0.00000112. The van der Waals surface area contributed by atoms with Gasteiger partial charge in [-0.2, -0.15) is 0 Å². The minimum atomic E-state index is 0. The zero-order valence-corrected chi connectivity index (χ0v) is 8.26. The fourth-order valence-electron chi connectivity index (χ4n) is 1.17. The molecule has 0 aliphatic rings. The maximum atomic E-state index is 9.21. The van der Waals surface area contributed by atoms with Crippen LogP contribution in [0.4, 0.5) is 0 Å². The molecule has 0 heterocycles. The van der Waals surface area contributed by atoms with Crippen molar-refractivity contribution in [1.82, 2.24) is 6.15 Å². The molecule has 2 aromatic rings. The summed E-state index contributed by atoms with van der Waals surface area (Å²) in [6, 6.07) is 16.2. The van der Waals surface area contributed by atoms with Crippen molar-refractivity contribution in [3.05, 3.63) is 54.6 Å². The first-order valence-corrected chi connectivity index (χ1v) is 4.36. The zero-order valence-electron chi connectivity index (χ0n) is 8.26. The molecule has 4 N–H and O–H groups in total. The number of rotatable bonds is 2. The summed E-state index contributed by atoms with van der Waals surface area (Å²) in [5, 5.41) is 9.21. The first-order valence-electron chi connectivity index (χ1n) is 4.36. The number of aromatic hydroxyl groups is 1. The SMILES string of the molecule is N.Oc1cccc(Oc2ccccc2)c1. The van der Waals surface area contributed by atoms with E-state index >= 15 is 0 Å². The van der Waals surface area contributed by atoms with Crippen molar-refractivity contribution in [3.8, 4) is 17.2 Å². The van der Waals surface area contributed by atoms with E-state index in [9.17, 15) is 5.11 Å². The van der Waals surface area contributed by atoms with Gasteiger partial charge in [0.15, 0.2) is 0 Å². The molecule has 0 aromatic heterocycles. The second-order valence-electron chi connectivity index (χ2n) is 2.91. The molecule has 0 atom stereocenters. The van der Waals surface area contributed by atoms with E-state index in [0.29, 0.717) is 5.75 Å². The Morgan fingerprint density at radius 1 is 0.800 bits per heavy atom. The molecule has 0 aliphatic heterocycles. The van der Waals surface area contributed by atoms with Gasteiger partial charge in [-0.15, -0.1) is 0 Å². The summed E-state index contributed by atoms with van der Waals surface area (Å²) in [5.74, 6) is 1.60. The number of hydrogen-bond acceptors (Lipinski definition) is 3. The standard InChI is InChI=1S/C12H10O2.H3N/c13-10-5-4-8-12(9-10)14-11-6-2-1-3-7-11;/h1-9,13H;1H3. The van der Waals surface area contributed by atoms with Gasteiger partial charge in [0.1, 0.15) is 17.2 Å². The summed E-state index contributed by atoms with van der Waals surface area (Å²) >= 11 is 0. The van der Waals surface area contributed by atoms with Crippen LogP contribution in [0.1, 0.15) is 0 Å². The van der Waals surface area contributed by atoms with Gasteiger partial charge in [-0.05, 0) is 24.3 Å².